The summed E-state index contributed by atoms with van der Waals surface area (Å²) in [5.41, 5.74) is 2.88. The summed E-state index contributed by atoms with van der Waals surface area (Å²) in [6.07, 6.45) is 4.90. The number of rotatable bonds is 3. The quantitative estimate of drug-likeness (QED) is 0.705. The number of carbonyl (C=O) groups excluding carboxylic acids is 1. The van der Waals surface area contributed by atoms with Crippen molar-refractivity contribution in [2.24, 2.45) is 0 Å². The average Bonchev–Trinajstić information content (AvgIpc) is 2.85. The smallest absolute Gasteiger partial charge is 0.248 e. The van der Waals surface area contributed by atoms with E-state index >= 15 is 0 Å². The van der Waals surface area contributed by atoms with E-state index in [9.17, 15) is 4.79 Å². The zero-order chi connectivity index (χ0) is 16.4. The second kappa shape index (κ2) is 6.44. The normalized spacial score (nSPS) is 11.3. The minimum absolute atomic E-state index is 0.266. The standard InChI is InChI=1S/C17H13Cl2N3O/c1-11-12(18)5-4-6-13(11)20-16(23)9-8-14-17(19)21-15-7-2-3-10-22(14)15/h2-10H,1H3,(H,20,23)/b9-8+. The molecule has 0 aliphatic carbocycles. The topological polar surface area (TPSA) is 46.4 Å². The van der Waals surface area contributed by atoms with E-state index in [0.717, 1.165) is 11.2 Å². The van der Waals surface area contributed by atoms with Gasteiger partial charge in [0.25, 0.3) is 0 Å². The number of fused-ring (bicyclic) bond motifs is 1. The van der Waals surface area contributed by atoms with Crippen LogP contribution in [-0.2, 0) is 4.79 Å². The first-order chi connectivity index (χ1) is 11.1. The Morgan fingerprint density at radius 1 is 1.22 bits per heavy atom. The molecule has 3 rings (SSSR count). The van der Waals surface area contributed by atoms with Gasteiger partial charge in [-0.15, -0.1) is 0 Å². The van der Waals surface area contributed by atoms with Gasteiger partial charge in [-0.2, -0.15) is 0 Å². The molecule has 0 aliphatic heterocycles. The average molecular weight is 346 g/mol. The Hall–Kier alpha value is -2.30. The lowest BCUT2D eigenvalue weighted by Crippen LogP contribution is -2.09. The van der Waals surface area contributed by atoms with E-state index in [1.807, 2.05) is 35.7 Å². The molecule has 0 unspecified atom stereocenters. The van der Waals surface area contributed by atoms with Gasteiger partial charge in [-0.3, -0.25) is 9.20 Å². The molecule has 0 saturated heterocycles. The number of anilines is 1. The molecule has 0 atom stereocenters. The van der Waals surface area contributed by atoms with Crippen LogP contribution in [0.15, 0.2) is 48.7 Å². The molecule has 23 heavy (non-hydrogen) atoms. The Balaban J connectivity index is 1.83. The fourth-order valence-electron chi connectivity index (χ4n) is 2.21. The molecular weight excluding hydrogens is 333 g/mol. The van der Waals surface area contributed by atoms with Crippen molar-refractivity contribution in [2.45, 2.75) is 6.92 Å². The summed E-state index contributed by atoms with van der Waals surface area (Å²) in [4.78, 5) is 16.3. The second-order valence-electron chi connectivity index (χ2n) is 4.95. The SMILES string of the molecule is Cc1c(Cl)cccc1NC(=O)/C=C/c1c(Cl)nc2ccccn12. The van der Waals surface area contributed by atoms with E-state index in [0.29, 0.717) is 21.6 Å². The van der Waals surface area contributed by atoms with E-state index in [1.165, 1.54) is 6.08 Å². The Morgan fingerprint density at radius 2 is 2.04 bits per heavy atom. The monoisotopic (exact) mass is 345 g/mol. The predicted molar refractivity (Wildman–Crippen MR) is 94.1 cm³/mol. The number of carbonyl (C=O) groups is 1. The second-order valence-corrected chi connectivity index (χ2v) is 5.72. The highest BCUT2D eigenvalue weighted by Crippen LogP contribution is 2.23. The first-order valence-electron chi connectivity index (χ1n) is 6.93. The number of imidazole rings is 1. The minimum Gasteiger partial charge on any atom is -0.322 e. The van der Waals surface area contributed by atoms with Crippen molar-refractivity contribution in [3.8, 4) is 0 Å². The number of aromatic nitrogens is 2. The number of hydrogen-bond acceptors (Lipinski definition) is 2. The maximum atomic E-state index is 12.1. The number of nitrogens with zero attached hydrogens (tertiary/aromatic N) is 2. The summed E-state index contributed by atoms with van der Waals surface area (Å²) in [6.45, 7) is 1.85. The van der Waals surface area contributed by atoms with Gasteiger partial charge in [0, 0.05) is 23.0 Å². The maximum absolute atomic E-state index is 12.1. The first-order valence-corrected chi connectivity index (χ1v) is 7.68. The molecule has 0 bridgehead atoms. The summed E-state index contributed by atoms with van der Waals surface area (Å²) in [7, 11) is 0. The third kappa shape index (κ3) is 3.23. The van der Waals surface area contributed by atoms with E-state index in [2.05, 4.69) is 10.3 Å². The van der Waals surface area contributed by atoms with E-state index in [4.69, 9.17) is 23.2 Å². The summed E-state index contributed by atoms with van der Waals surface area (Å²) < 4.78 is 1.82. The number of halogens is 2. The van der Waals surface area contributed by atoms with Crippen LogP contribution in [0, 0.1) is 6.92 Å². The molecule has 0 radical (unpaired) electrons. The van der Waals surface area contributed by atoms with Crippen molar-refractivity contribution in [3.05, 3.63) is 70.1 Å². The molecule has 0 fully saturated rings. The maximum Gasteiger partial charge on any atom is 0.248 e. The number of pyridine rings is 1. The summed E-state index contributed by atoms with van der Waals surface area (Å²) in [5.74, 6) is -0.266. The van der Waals surface area contributed by atoms with Crippen molar-refractivity contribution < 1.29 is 4.79 Å². The molecule has 1 amide bonds. The van der Waals surface area contributed by atoms with Crippen LogP contribution in [0.4, 0.5) is 5.69 Å². The molecule has 2 aromatic heterocycles. The van der Waals surface area contributed by atoms with Crippen LogP contribution >= 0.6 is 23.2 Å². The largest absolute Gasteiger partial charge is 0.322 e. The van der Waals surface area contributed by atoms with Crippen LogP contribution in [0.3, 0.4) is 0 Å². The summed E-state index contributed by atoms with van der Waals surface area (Å²) in [6, 6.07) is 11.0. The van der Waals surface area contributed by atoms with Crippen molar-refractivity contribution in [1.29, 1.82) is 0 Å². The molecule has 6 heteroatoms. The summed E-state index contributed by atoms with van der Waals surface area (Å²) >= 11 is 12.2. The van der Waals surface area contributed by atoms with Gasteiger partial charge in [-0.05, 0) is 42.8 Å². The molecule has 0 spiro atoms. The van der Waals surface area contributed by atoms with Gasteiger partial charge in [0.05, 0.1) is 5.69 Å². The highest BCUT2D eigenvalue weighted by atomic mass is 35.5. The van der Waals surface area contributed by atoms with E-state index in [1.54, 1.807) is 24.3 Å². The van der Waals surface area contributed by atoms with Gasteiger partial charge in [-0.25, -0.2) is 4.98 Å². The Bertz CT molecular complexity index is 915. The van der Waals surface area contributed by atoms with Crippen molar-refractivity contribution in [1.82, 2.24) is 9.38 Å². The van der Waals surface area contributed by atoms with Crippen LogP contribution in [0.1, 0.15) is 11.3 Å². The molecule has 3 aromatic rings. The number of nitrogens with one attached hydrogen (secondary N) is 1. The van der Waals surface area contributed by atoms with Gasteiger partial charge in [-0.1, -0.05) is 35.3 Å². The minimum atomic E-state index is -0.266. The van der Waals surface area contributed by atoms with E-state index in [-0.39, 0.29) is 5.91 Å². The Labute approximate surface area is 143 Å². The molecule has 1 N–H and O–H groups in total. The zero-order valence-electron chi connectivity index (χ0n) is 12.3. The first kappa shape index (κ1) is 15.6. The molecule has 0 aliphatic rings. The fourth-order valence-corrected chi connectivity index (χ4v) is 2.62. The Kier molecular flexibility index (Phi) is 4.37. The highest BCUT2D eigenvalue weighted by Gasteiger charge is 2.08. The van der Waals surface area contributed by atoms with Crippen molar-refractivity contribution in [2.75, 3.05) is 5.32 Å². The Morgan fingerprint density at radius 3 is 2.87 bits per heavy atom. The molecule has 116 valence electrons. The number of hydrogen-bond donors (Lipinski definition) is 1. The lowest BCUT2D eigenvalue weighted by atomic mass is 10.2. The molecule has 1 aromatic carbocycles. The van der Waals surface area contributed by atoms with Crippen molar-refractivity contribution in [3.63, 3.8) is 0 Å². The number of benzene rings is 1. The van der Waals surface area contributed by atoms with Crippen LogP contribution in [0.2, 0.25) is 10.2 Å². The van der Waals surface area contributed by atoms with Crippen LogP contribution < -0.4 is 5.32 Å². The third-order valence-electron chi connectivity index (χ3n) is 3.44. The van der Waals surface area contributed by atoms with Gasteiger partial charge >= 0.3 is 0 Å². The lowest BCUT2D eigenvalue weighted by molar-refractivity contribution is -0.111. The lowest BCUT2D eigenvalue weighted by Gasteiger charge is -2.07. The van der Waals surface area contributed by atoms with Gasteiger partial charge < -0.3 is 5.32 Å². The van der Waals surface area contributed by atoms with Gasteiger partial charge in [0.2, 0.25) is 5.91 Å². The number of amides is 1. The molecule has 2 heterocycles. The third-order valence-corrected chi connectivity index (χ3v) is 4.13. The van der Waals surface area contributed by atoms with Crippen LogP contribution in [0.5, 0.6) is 0 Å². The zero-order valence-corrected chi connectivity index (χ0v) is 13.8. The molecule has 4 nitrogen and oxygen atoms in total. The highest BCUT2D eigenvalue weighted by molar-refractivity contribution is 6.32. The van der Waals surface area contributed by atoms with Crippen LogP contribution in [-0.4, -0.2) is 15.3 Å². The van der Waals surface area contributed by atoms with Crippen molar-refractivity contribution >= 4 is 46.5 Å². The van der Waals surface area contributed by atoms with Gasteiger partial charge in [0.15, 0.2) is 5.15 Å². The van der Waals surface area contributed by atoms with E-state index < -0.39 is 0 Å². The molecule has 0 saturated carbocycles. The molecular formula is C17H13Cl2N3O. The summed E-state index contributed by atoms with van der Waals surface area (Å²) in [5, 5.41) is 3.75. The predicted octanol–water partition coefficient (Wildman–Crippen LogP) is 4.60. The van der Waals surface area contributed by atoms with Crippen LogP contribution in [0.25, 0.3) is 11.7 Å². The fraction of sp³-hybridized carbons (Fsp3) is 0.0588. The van der Waals surface area contributed by atoms with Gasteiger partial charge in [0.1, 0.15) is 5.65 Å².